The van der Waals surface area contributed by atoms with Gasteiger partial charge in [-0.2, -0.15) is 13.2 Å². The van der Waals surface area contributed by atoms with Gasteiger partial charge in [0.15, 0.2) is 0 Å². The van der Waals surface area contributed by atoms with E-state index in [4.69, 9.17) is 11.6 Å². The minimum Gasteiger partial charge on any atom is -0.388 e. The van der Waals surface area contributed by atoms with Crippen LogP contribution in [0, 0.1) is 5.92 Å². The van der Waals surface area contributed by atoms with E-state index in [-0.39, 0.29) is 10.7 Å². The molecule has 1 atom stereocenters. The molecule has 2 rings (SSSR count). The van der Waals surface area contributed by atoms with E-state index in [1.165, 1.54) is 31.7 Å². The lowest BCUT2D eigenvalue weighted by atomic mass is 9.97. The number of aromatic nitrogens is 1. The molecular formula is C14H17ClF3NO. The molecule has 0 spiro atoms. The Morgan fingerprint density at radius 2 is 1.95 bits per heavy atom. The largest absolute Gasteiger partial charge is 0.433 e. The van der Waals surface area contributed by atoms with Gasteiger partial charge in [0.25, 0.3) is 0 Å². The molecule has 112 valence electrons. The molecule has 1 aromatic heterocycles. The van der Waals surface area contributed by atoms with Crippen molar-refractivity contribution < 1.29 is 18.3 Å². The molecule has 1 unspecified atom stereocenters. The zero-order chi connectivity index (χ0) is 14.8. The minimum absolute atomic E-state index is 0.265. The Morgan fingerprint density at radius 1 is 1.30 bits per heavy atom. The number of rotatable bonds is 4. The Balaban J connectivity index is 2.00. The van der Waals surface area contributed by atoms with Gasteiger partial charge in [-0.3, -0.25) is 0 Å². The fraction of sp³-hybridized carbons (Fsp3) is 0.643. The molecule has 0 amide bonds. The van der Waals surface area contributed by atoms with Crippen LogP contribution in [-0.2, 0) is 6.18 Å². The summed E-state index contributed by atoms with van der Waals surface area (Å²) in [5.74, 6) is 0.617. The fourth-order valence-electron chi connectivity index (χ4n) is 2.70. The van der Waals surface area contributed by atoms with E-state index >= 15 is 0 Å². The minimum atomic E-state index is -4.52. The van der Waals surface area contributed by atoms with Gasteiger partial charge in [0.05, 0.1) is 6.10 Å². The number of alkyl halides is 3. The third kappa shape index (κ3) is 3.85. The van der Waals surface area contributed by atoms with Crippen LogP contribution in [0.25, 0.3) is 0 Å². The van der Waals surface area contributed by atoms with Crippen molar-refractivity contribution in [3.63, 3.8) is 0 Å². The lowest BCUT2D eigenvalue weighted by molar-refractivity contribution is -0.141. The summed E-state index contributed by atoms with van der Waals surface area (Å²) in [6, 6.07) is 2.08. The van der Waals surface area contributed by atoms with Gasteiger partial charge in [0.1, 0.15) is 10.8 Å². The van der Waals surface area contributed by atoms with Gasteiger partial charge >= 0.3 is 6.18 Å². The van der Waals surface area contributed by atoms with Crippen molar-refractivity contribution in [1.29, 1.82) is 0 Å². The highest BCUT2D eigenvalue weighted by molar-refractivity contribution is 6.30. The molecule has 2 nitrogen and oxygen atoms in total. The van der Waals surface area contributed by atoms with E-state index in [2.05, 4.69) is 4.98 Å². The Morgan fingerprint density at radius 3 is 2.50 bits per heavy atom. The van der Waals surface area contributed by atoms with Crippen LogP contribution in [0.4, 0.5) is 13.2 Å². The van der Waals surface area contributed by atoms with Crippen LogP contribution >= 0.6 is 11.6 Å². The van der Waals surface area contributed by atoms with E-state index < -0.39 is 18.0 Å². The maximum absolute atomic E-state index is 12.5. The van der Waals surface area contributed by atoms with Crippen molar-refractivity contribution in [2.75, 3.05) is 0 Å². The van der Waals surface area contributed by atoms with E-state index in [1.54, 1.807) is 0 Å². The zero-order valence-corrected chi connectivity index (χ0v) is 11.7. The Hall–Kier alpha value is -0.810. The zero-order valence-electron chi connectivity index (χ0n) is 11.0. The number of aliphatic hydroxyl groups is 1. The van der Waals surface area contributed by atoms with Crippen LogP contribution in [0.1, 0.15) is 55.9 Å². The monoisotopic (exact) mass is 307 g/mol. The topological polar surface area (TPSA) is 33.1 Å². The van der Waals surface area contributed by atoms with Crippen LogP contribution in [0.2, 0.25) is 5.15 Å². The molecule has 0 saturated heterocycles. The molecule has 20 heavy (non-hydrogen) atoms. The maximum atomic E-state index is 12.5. The highest BCUT2D eigenvalue weighted by atomic mass is 35.5. The maximum Gasteiger partial charge on any atom is 0.433 e. The molecule has 1 N–H and O–H groups in total. The molecule has 1 saturated carbocycles. The van der Waals surface area contributed by atoms with Gasteiger partial charge in [0.2, 0.25) is 0 Å². The SMILES string of the molecule is OC(CCC1CCCC1)c1ccc(C(F)(F)F)nc1Cl. The first-order valence-corrected chi connectivity index (χ1v) is 7.17. The number of nitrogens with zero attached hydrogens (tertiary/aromatic N) is 1. The average molecular weight is 308 g/mol. The second-order valence-electron chi connectivity index (χ2n) is 5.32. The second kappa shape index (κ2) is 6.31. The van der Waals surface area contributed by atoms with Crippen molar-refractivity contribution in [3.8, 4) is 0 Å². The molecule has 1 aromatic rings. The van der Waals surface area contributed by atoms with Crippen LogP contribution in [0.5, 0.6) is 0 Å². The Labute approximate surface area is 121 Å². The van der Waals surface area contributed by atoms with Crippen molar-refractivity contribution in [2.24, 2.45) is 5.92 Å². The van der Waals surface area contributed by atoms with Gasteiger partial charge in [-0.25, -0.2) is 4.98 Å². The van der Waals surface area contributed by atoms with Crippen LogP contribution in [-0.4, -0.2) is 10.1 Å². The summed E-state index contributed by atoms with van der Waals surface area (Å²) in [4.78, 5) is 3.33. The third-order valence-electron chi connectivity index (χ3n) is 3.85. The first kappa shape index (κ1) is 15.6. The van der Waals surface area contributed by atoms with Gasteiger partial charge < -0.3 is 5.11 Å². The highest BCUT2D eigenvalue weighted by Gasteiger charge is 2.33. The Bertz CT molecular complexity index is 458. The number of hydrogen-bond donors (Lipinski definition) is 1. The molecule has 0 aliphatic heterocycles. The molecule has 0 bridgehead atoms. The van der Waals surface area contributed by atoms with Crippen LogP contribution in [0.3, 0.4) is 0 Å². The molecule has 1 fully saturated rings. The molecule has 6 heteroatoms. The number of hydrogen-bond acceptors (Lipinski definition) is 2. The predicted molar refractivity (Wildman–Crippen MR) is 70.4 cm³/mol. The third-order valence-corrected chi connectivity index (χ3v) is 4.15. The summed E-state index contributed by atoms with van der Waals surface area (Å²) in [6.07, 6.45) is 0.815. The number of aliphatic hydroxyl groups excluding tert-OH is 1. The van der Waals surface area contributed by atoms with Crippen molar-refractivity contribution in [2.45, 2.75) is 50.8 Å². The van der Waals surface area contributed by atoms with Gasteiger partial charge in [0, 0.05) is 5.56 Å². The van der Waals surface area contributed by atoms with Crippen LogP contribution in [0.15, 0.2) is 12.1 Å². The quantitative estimate of drug-likeness (QED) is 0.814. The lowest BCUT2D eigenvalue weighted by Gasteiger charge is -2.16. The summed E-state index contributed by atoms with van der Waals surface area (Å²) in [5.41, 5.74) is -0.757. The van der Waals surface area contributed by atoms with E-state index in [1.807, 2.05) is 0 Å². The Kier molecular flexibility index (Phi) is 4.91. The van der Waals surface area contributed by atoms with Crippen molar-refractivity contribution >= 4 is 11.6 Å². The summed E-state index contributed by atoms with van der Waals surface area (Å²) in [5, 5.41) is 9.78. The van der Waals surface area contributed by atoms with E-state index in [9.17, 15) is 18.3 Å². The molecular weight excluding hydrogens is 291 g/mol. The number of pyridine rings is 1. The molecule has 1 heterocycles. The lowest BCUT2D eigenvalue weighted by Crippen LogP contribution is -2.10. The van der Waals surface area contributed by atoms with Crippen molar-refractivity contribution in [1.82, 2.24) is 4.98 Å². The number of halogens is 4. The van der Waals surface area contributed by atoms with Gasteiger partial charge in [-0.05, 0) is 24.8 Å². The second-order valence-corrected chi connectivity index (χ2v) is 5.68. The molecule has 0 aromatic carbocycles. The first-order chi connectivity index (χ1) is 9.38. The average Bonchev–Trinajstić information content (AvgIpc) is 2.87. The van der Waals surface area contributed by atoms with Gasteiger partial charge in [-0.15, -0.1) is 0 Å². The van der Waals surface area contributed by atoms with Crippen LogP contribution < -0.4 is 0 Å². The van der Waals surface area contributed by atoms with Crippen molar-refractivity contribution in [3.05, 3.63) is 28.5 Å². The van der Waals surface area contributed by atoms with E-state index in [0.29, 0.717) is 12.3 Å². The summed E-state index contributed by atoms with van der Waals surface area (Å²) in [6.45, 7) is 0. The smallest absolute Gasteiger partial charge is 0.388 e. The highest BCUT2D eigenvalue weighted by Crippen LogP contribution is 2.34. The molecule has 1 aliphatic carbocycles. The first-order valence-electron chi connectivity index (χ1n) is 6.79. The predicted octanol–water partition coefficient (Wildman–Crippen LogP) is 4.76. The van der Waals surface area contributed by atoms with Gasteiger partial charge in [-0.1, -0.05) is 43.4 Å². The fourth-order valence-corrected chi connectivity index (χ4v) is 2.98. The summed E-state index contributed by atoms with van der Waals surface area (Å²) in [7, 11) is 0. The molecule has 0 radical (unpaired) electrons. The molecule has 1 aliphatic rings. The summed E-state index contributed by atoms with van der Waals surface area (Å²) >= 11 is 5.75. The standard InChI is InChI=1S/C14H17ClF3NO/c15-13-10(6-8-12(19-13)14(16,17)18)11(20)7-5-9-3-1-2-4-9/h6,8-9,11,20H,1-5,7H2. The van der Waals surface area contributed by atoms with E-state index in [0.717, 1.165) is 12.5 Å². The normalized spacial score (nSPS) is 18.4. The summed E-state index contributed by atoms with van der Waals surface area (Å²) < 4.78 is 37.4.